The van der Waals surface area contributed by atoms with Crippen molar-refractivity contribution in [2.24, 2.45) is 5.92 Å². The summed E-state index contributed by atoms with van der Waals surface area (Å²) in [6, 6.07) is 7.20. The Morgan fingerprint density at radius 1 is 1.15 bits per heavy atom. The fourth-order valence-electron chi connectivity index (χ4n) is 3.41. The van der Waals surface area contributed by atoms with E-state index in [4.69, 9.17) is 11.6 Å². The van der Waals surface area contributed by atoms with Gasteiger partial charge in [-0.05, 0) is 49.9 Å². The van der Waals surface area contributed by atoms with Crippen LogP contribution in [0.4, 0.5) is 13.2 Å². The normalized spacial score (nSPS) is 20.4. The Labute approximate surface area is 157 Å². The molecule has 0 spiro atoms. The fraction of sp³-hybridized carbons (Fsp3) is 0.389. The number of benzene rings is 1. The first kappa shape index (κ1) is 19.4. The molecule has 0 amide bonds. The van der Waals surface area contributed by atoms with Crippen molar-refractivity contribution in [2.75, 3.05) is 0 Å². The second-order valence-corrected chi connectivity index (χ2v) is 6.98. The van der Waals surface area contributed by atoms with Crippen LogP contribution in [0.15, 0.2) is 35.1 Å². The average Bonchev–Trinajstić information content (AvgIpc) is 2.61. The number of halogens is 4. The van der Waals surface area contributed by atoms with E-state index in [9.17, 15) is 27.9 Å². The summed E-state index contributed by atoms with van der Waals surface area (Å²) in [4.78, 5) is 27.9. The summed E-state index contributed by atoms with van der Waals surface area (Å²) in [7, 11) is 0. The smallest absolute Gasteiger partial charge is 0.391 e. The van der Waals surface area contributed by atoms with Gasteiger partial charge in [0.05, 0.1) is 11.6 Å². The molecule has 1 aliphatic carbocycles. The number of hydrogen-bond donors (Lipinski definition) is 1. The molecule has 9 heteroatoms. The van der Waals surface area contributed by atoms with Crippen molar-refractivity contribution in [3.8, 4) is 5.69 Å². The van der Waals surface area contributed by atoms with E-state index in [0.717, 1.165) is 6.07 Å². The zero-order chi connectivity index (χ0) is 19.8. The van der Waals surface area contributed by atoms with Gasteiger partial charge in [-0.25, -0.2) is 9.78 Å². The maximum atomic E-state index is 12.9. The number of carbonyl (C=O) groups is 1. The maximum absolute atomic E-state index is 12.9. The highest BCUT2D eigenvalue weighted by Gasteiger charge is 2.42. The van der Waals surface area contributed by atoms with Crippen LogP contribution in [0.1, 0.15) is 47.9 Å². The molecule has 1 saturated carbocycles. The zero-order valence-corrected chi connectivity index (χ0v) is 14.8. The molecule has 27 heavy (non-hydrogen) atoms. The van der Waals surface area contributed by atoms with Crippen LogP contribution >= 0.6 is 11.6 Å². The number of aromatic carboxylic acids is 1. The quantitative estimate of drug-likeness (QED) is 0.827. The molecule has 0 atom stereocenters. The van der Waals surface area contributed by atoms with Crippen molar-refractivity contribution in [2.45, 2.75) is 37.8 Å². The standard InChI is InChI=1S/C18H16ClF3N2O3/c19-12-5-7-13(8-6-12)24-15(25)9-14(17(26)27)23-16(24)10-1-3-11(4-2-10)18(20,21)22/h5-11H,1-4H2,(H,26,27). The van der Waals surface area contributed by atoms with E-state index in [1.807, 2.05) is 0 Å². The summed E-state index contributed by atoms with van der Waals surface area (Å²) in [5, 5.41) is 9.65. The second-order valence-electron chi connectivity index (χ2n) is 6.54. The SMILES string of the molecule is O=C(O)c1cc(=O)n(-c2ccc(Cl)cc2)c(C2CCC(C(F)(F)F)CC2)n1. The number of carboxylic acids is 1. The van der Waals surface area contributed by atoms with E-state index in [-0.39, 0.29) is 31.5 Å². The Kier molecular flexibility index (Phi) is 5.28. The minimum absolute atomic E-state index is 0.0814. The van der Waals surface area contributed by atoms with Crippen LogP contribution in [0, 0.1) is 5.92 Å². The lowest BCUT2D eigenvalue weighted by Crippen LogP contribution is -2.31. The minimum atomic E-state index is -4.25. The van der Waals surface area contributed by atoms with Crippen molar-refractivity contribution in [1.29, 1.82) is 0 Å². The number of carboxylic acid groups (broad SMARTS) is 1. The van der Waals surface area contributed by atoms with Gasteiger partial charge in [0.15, 0.2) is 5.69 Å². The number of aromatic nitrogens is 2. The van der Waals surface area contributed by atoms with Gasteiger partial charge in [0, 0.05) is 17.0 Å². The third-order valence-corrected chi connectivity index (χ3v) is 5.06. The van der Waals surface area contributed by atoms with Gasteiger partial charge < -0.3 is 5.11 Å². The second kappa shape index (κ2) is 7.34. The van der Waals surface area contributed by atoms with Crippen LogP contribution in [-0.4, -0.2) is 26.8 Å². The van der Waals surface area contributed by atoms with E-state index in [2.05, 4.69) is 4.98 Å². The molecule has 0 saturated heterocycles. The maximum Gasteiger partial charge on any atom is 0.391 e. The molecule has 1 aliphatic rings. The average molecular weight is 401 g/mol. The molecular weight excluding hydrogens is 385 g/mol. The largest absolute Gasteiger partial charge is 0.477 e. The van der Waals surface area contributed by atoms with E-state index in [1.54, 1.807) is 24.3 Å². The van der Waals surface area contributed by atoms with Crippen molar-refractivity contribution in [3.63, 3.8) is 0 Å². The third-order valence-electron chi connectivity index (χ3n) is 4.80. The summed E-state index contributed by atoms with van der Waals surface area (Å²) in [5.41, 5.74) is -0.586. The predicted octanol–water partition coefficient (Wildman–Crippen LogP) is 4.42. The molecule has 1 aromatic heterocycles. The molecular formula is C18H16ClF3N2O3. The summed E-state index contributed by atoms with van der Waals surface area (Å²) < 4.78 is 40.0. The van der Waals surface area contributed by atoms with Crippen LogP contribution in [0.5, 0.6) is 0 Å². The van der Waals surface area contributed by atoms with Gasteiger partial charge in [-0.3, -0.25) is 9.36 Å². The van der Waals surface area contributed by atoms with Crippen molar-refractivity contribution >= 4 is 17.6 Å². The number of hydrogen-bond acceptors (Lipinski definition) is 3. The molecule has 0 aliphatic heterocycles. The molecule has 1 fully saturated rings. The third kappa shape index (κ3) is 4.16. The van der Waals surface area contributed by atoms with Gasteiger partial charge in [0.25, 0.3) is 5.56 Å². The zero-order valence-electron chi connectivity index (χ0n) is 14.0. The molecule has 1 heterocycles. The van der Waals surface area contributed by atoms with E-state index in [1.165, 1.54) is 4.57 Å². The first-order valence-corrected chi connectivity index (χ1v) is 8.74. The van der Waals surface area contributed by atoms with Crippen LogP contribution in [0.25, 0.3) is 5.69 Å². The lowest BCUT2D eigenvalue weighted by molar-refractivity contribution is -0.182. The van der Waals surface area contributed by atoms with Crippen LogP contribution in [0.2, 0.25) is 5.02 Å². The van der Waals surface area contributed by atoms with Gasteiger partial charge in [0.2, 0.25) is 0 Å². The predicted molar refractivity (Wildman–Crippen MR) is 92.6 cm³/mol. The number of rotatable bonds is 3. The Balaban J connectivity index is 2.04. The van der Waals surface area contributed by atoms with Crippen molar-refractivity contribution in [1.82, 2.24) is 9.55 Å². The molecule has 3 rings (SSSR count). The van der Waals surface area contributed by atoms with E-state index < -0.39 is 35.2 Å². The lowest BCUT2D eigenvalue weighted by Gasteiger charge is -2.30. The first-order valence-electron chi connectivity index (χ1n) is 8.36. The van der Waals surface area contributed by atoms with Gasteiger partial charge in [-0.15, -0.1) is 0 Å². The van der Waals surface area contributed by atoms with E-state index >= 15 is 0 Å². The summed E-state index contributed by atoms with van der Waals surface area (Å²) in [6.45, 7) is 0. The fourth-order valence-corrected chi connectivity index (χ4v) is 3.54. The molecule has 1 aromatic carbocycles. The van der Waals surface area contributed by atoms with E-state index in [0.29, 0.717) is 10.7 Å². The highest BCUT2D eigenvalue weighted by molar-refractivity contribution is 6.30. The van der Waals surface area contributed by atoms with Gasteiger partial charge in [0.1, 0.15) is 5.82 Å². The summed E-state index contributed by atoms with van der Waals surface area (Å²) in [5.74, 6) is -3.01. The van der Waals surface area contributed by atoms with Crippen molar-refractivity contribution in [3.05, 3.63) is 57.2 Å². The Morgan fingerprint density at radius 3 is 2.26 bits per heavy atom. The topological polar surface area (TPSA) is 72.2 Å². The molecule has 144 valence electrons. The molecule has 2 aromatic rings. The molecule has 5 nitrogen and oxygen atoms in total. The Bertz CT molecular complexity index is 902. The first-order chi connectivity index (χ1) is 12.7. The van der Waals surface area contributed by atoms with Crippen molar-refractivity contribution < 1.29 is 23.1 Å². The number of alkyl halides is 3. The minimum Gasteiger partial charge on any atom is -0.477 e. The Morgan fingerprint density at radius 2 is 1.74 bits per heavy atom. The van der Waals surface area contributed by atoms with Gasteiger partial charge in [-0.2, -0.15) is 13.2 Å². The van der Waals surface area contributed by atoms with Gasteiger partial charge >= 0.3 is 12.1 Å². The number of nitrogens with zero attached hydrogens (tertiary/aromatic N) is 2. The summed E-state index contributed by atoms with van der Waals surface area (Å²) >= 11 is 5.87. The molecule has 0 bridgehead atoms. The Hall–Kier alpha value is -2.35. The van der Waals surface area contributed by atoms with Gasteiger partial charge in [-0.1, -0.05) is 11.6 Å². The monoisotopic (exact) mass is 400 g/mol. The molecule has 1 N–H and O–H groups in total. The summed E-state index contributed by atoms with van der Waals surface area (Å²) in [6.07, 6.45) is -4.07. The highest BCUT2D eigenvalue weighted by Crippen LogP contribution is 2.42. The molecule has 0 unspecified atom stereocenters. The molecule has 0 radical (unpaired) electrons. The van der Waals surface area contributed by atoms with Crippen LogP contribution in [0.3, 0.4) is 0 Å². The van der Waals surface area contributed by atoms with Crippen LogP contribution < -0.4 is 5.56 Å². The lowest BCUT2D eigenvalue weighted by atomic mass is 9.81. The van der Waals surface area contributed by atoms with Crippen LogP contribution in [-0.2, 0) is 0 Å². The highest BCUT2D eigenvalue weighted by atomic mass is 35.5.